The Balaban J connectivity index is 2.66. The molecule has 0 aromatic carbocycles. The Labute approximate surface area is 129 Å². The zero-order valence-electron chi connectivity index (χ0n) is 14.0. The monoisotopic (exact) mass is 300 g/mol. The Hall–Kier alpha value is -0.650. The lowest BCUT2D eigenvalue weighted by Gasteiger charge is -2.34. The summed E-state index contributed by atoms with van der Waals surface area (Å²) < 4.78 is 10.9. The normalized spacial score (nSPS) is 21.7. The third-order valence-corrected chi connectivity index (χ3v) is 4.13. The van der Waals surface area contributed by atoms with Gasteiger partial charge >= 0.3 is 0 Å². The molecule has 0 aromatic heterocycles. The highest BCUT2D eigenvalue weighted by Gasteiger charge is 2.42. The van der Waals surface area contributed by atoms with Crippen LogP contribution in [0.1, 0.15) is 40.0 Å². The van der Waals surface area contributed by atoms with Gasteiger partial charge in [-0.05, 0) is 33.2 Å². The summed E-state index contributed by atoms with van der Waals surface area (Å²) in [5.41, 5.74) is -0.215. The van der Waals surface area contributed by atoms with Crippen molar-refractivity contribution < 1.29 is 14.3 Å². The molecule has 0 bridgehead atoms. The van der Waals surface area contributed by atoms with Gasteiger partial charge in [0.15, 0.2) is 0 Å². The van der Waals surface area contributed by atoms with Crippen LogP contribution in [0.3, 0.4) is 0 Å². The number of hydrogen-bond acceptors (Lipinski definition) is 4. The molecule has 1 saturated heterocycles. The molecule has 1 fully saturated rings. The van der Waals surface area contributed by atoms with Crippen molar-refractivity contribution in [3.8, 4) is 0 Å². The lowest BCUT2D eigenvalue weighted by atomic mass is 9.81. The van der Waals surface area contributed by atoms with Crippen LogP contribution in [0.15, 0.2) is 0 Å². The van der Waals surface area contributed by atoms with Gasteiger partial charge in [0, 0.05) is 32.8 Å². The van der Waals surface area contributed by atoms with E-state index in [0.717, 1.165) is 32.4 Å². The highest BCUT2D eigenvalue weighted by atomic mass is 16.5. The number of rotatable bonds is 11. The summed E-state index contributed by atoms with van der Waals surface area (Å²) in [6, 6.07) is 0. The van der Waals surface area contributed by atoms with Gasteiger partial charge in [0.25, 0.3) is 0 Å². The zero-order valence-corrected chi connectivity index (χ0v) is 14.0. The minimum Gasteiger partial charge on any atom is -0.380 e. The smallest absolute Gasteiger partial charge is 0.230 e. The predicted octanol–water partition coefficient (Wildman–Crippen LogP) is 1.67. The fourth-order valence-corrected chi connectivity index (χ4v) is 3.01. The summed E-state index contributed by atoms with van der Waals surface area (Å²) in [6.45, 7) is 11.8. The first-order valence-electron chi connectivity index (χ1n) is 8.35. The molecule has 5 heteroatoms. The number of carbonyl (C=O) groups excluding carboxylic acids is 1. The van der Waals surface area contributed by atoms with Gasteiger partial charge in [-0.1, -0.05) is 13.3 Å². The van der Waals surface area contributed by atoms with Crippen LogP contribution in [-0.4, -0.2) is 63.4 Å². The van der Waals surface area contributed by atoms with Gasteiger partial charge in [0.2, 0.25) is 5.91 Å². The fourth-order valence-electron chi connectivity index (χ4n) is 3.01. The molecular formula is C16H32N2O3. The second kappa shape index (κ2) is 10.1. The predicted molar refractivity (Wildman–Crippen MR) is 84.4 cm³/mol. The Morgan fingerprint density at radius 1 is 1.14 bits per heavy atom. The summed E-state index contributed by atoms with van der Waals surface area (Å²) in [5.74, 6) is 0.272. The van der Waals surface area contributed by atoms with E-state index in [1.165, 1.54) is 0 Å². The molecule has 1 N–H and O–H groups in total. The van der Waals surface area contributed by atoms with Crippen molar-refractivity contribution in [1.29, 1.82) is 0 Å². The first-order chi connectivity index (χ1) is 10.2. The zero-order chi connectivity index (χ0) is 15.6. The van der Waals surface area contributed by atoms with E-state index in [0.29, 0.717) is 39.5 Å². The average molecular weight is 300 g/mol. The molecule has 1 atom stereocenters. The Kier molecular flexibility index (Phi) is 8.88. The van der Waals surface area contributed by atoms with E-state index in [9.17, 15) is 4.79 Å². The molecular weight excluding hydrogens is 268 g/mol. The van der Waals surface area contributed by atoms with E-state index < -0.39 is 0 Å². The highest BCUT2D eigenvalue weighted by molar-refractivity contribution is 5.83. The summed E-state index contributed by atoms with van der Waals surface area (Å²) in [5, 5.41) is 3.36. The van der Waals surface area contributed by atoms with Crippen LogP contribution in [-0.2, 0) is 14.3 Å². The molecule has 124 valence electrons. The van der Waals surface area contributed by atoms with Gasteiger partial charge in [-0.25, -0.2) is 0 Å². The van der Waals surface area contributed by atoms with E-state index in [1.807, 2.05) is 18.7 Å². The van der Waals surface area contributed by atoms with Crippen molar-refractivity contribution in [2.45, 2.75) is 40.0 Å². The van der Waals surface area contributed by atoms with Gasteiger partial charge in [-0.2, -0.15) is 0 Å². The maximum atomic E-state index is 13.0. The molecule has 1 amide bonds. The first-order valence-corrected chi connectivity index (χ1v) is 8.35. The summed E-state index contributed by atoms with van der Waals surface area (Å²) in [4.78, 5) is 15.0. The van der Waals surface area contributed by atoms with Crippen molar-refractivity contribution in [2.75, 3.05) is 52.6 Å². The molecule has 1 aliphatic rings. The quantitative estimate of drug-likeness (QED) is 0.590. The fraction of sp³-hybridized carbons (Fsp3) is 0.938. The minimum atomic E-state index is -0.215. The van der Waals surface area contributed by atoms with Crippen LogP contribution in [0.25, 0.3) is 0 Å². The topological polar surface area (TPSA) is 50.8 Å². The Bertz CT molecular complexity index is 281. The standard InChI is InChI=1S/C16H32N2O3/c1-4-7-16(8-9-17-14-16)15(19)18(10-12-20-5-2)11-13-21-6-3/h17H,4-14H2,1-3H3. The molecule has 0 aliphatic carbocycles. The van der Waals surface area contributed by atoms with Crippen molar-refractivity contribution in [3.63, 3.8) is 0 Å². The van der Waals surface area contributed by atoms with Crippen molar-refractivity contribution in [3.05, 3.63) is 0 Å². The van der Waals surface area contributed by atoms with Crippen LogP contribution in [0.2, 0.25) is 0 Å². The van der Waals surface area contributed by atoms with Gasteiger partial charge in [-0.3, -0.25) is 4.79 Å². The van der Waals surface area contributed by atoms with Crippen molar-refractivity contribution in [2.24, 2.45) is 5.41 Å². The third kappa shape index (κ3) is 5.57. The number of carbonyl (C=O) groups is 1. The van der Waals surface area contributed by atoms with Gasteiger partial charge < -0.3 is 19.7 Å². The maximum Gasteiger partial charge on any atom is 0.230 e. The third-order valence-electron chi connectivity index (χ3n) is 4.13. The summed E-state index contributed by atoms with van der Waals surface area (Å²) >= 11 is 0. The summed E-state index contributed by atoms with van der Waals surface area (Å²) in [6.07, 6.45) is 2.94. The second-order valence-electron chi connectivity index (χ2n) is 5.64. The highest BCUT2D eigenvalue weighted by Crippen LogP contribution is 2.33. The number of nitrogens with zero attached hydrogens (tertiary/aromatic N) is 1. The lowest BCUT2D eigenvalue weighted by Crippen LogP contribution is -2.47. The molecule has 1 unspecified atom stereocenters. The molecule has 0 radical (unpaired) electrons. The molecule has 0 aromatic rings. The molecule has 0 spiro atoms. The van der Waals surface area contributed by atoms with E-state index >= 15 is 0 Å². The summed E-state index contributed by atoms with van der Waals surface area (Å²) in [7, 11) is 0. The van der Waals surface area contributed by atoms with Crippen LogP contribution < -0.4 is 5.32 Å². The molecule has 1 rings (SSSR count). The van der Waals surface area contributed by atoms with Gasteiger partial charge in [-0.15, -0.1) is 0 Å². The number of nitrogens with one attached hydrogen (secondary N) is 1. The van der Waals surface area contributed by atoms with E-state index in [4.69, 9.17) is 9.47 Å². The van der Waals surface area contributed by atoms with E-state index in [2.05, 4.69) is 12.2 Å². The largest absolute Gasteiger partial charge is 0.380 e. The van der Waals surface area contributed by atoms with E-state index in [1.54, 1.807) is 0 Å². The molecule has 21 heavy (non-hydrogen) atoms. The van der Waals surface area contributed by atoms with Crippen molar-refractivity contribution >= 4 is 5.91 Å². The second-order valence-corrected chi connectivity index (χ2v) is 5.64. The molecule has 5 nitrogen and oxygen atoms in total. The SMILES string of the molecule is CCCC1(C(=O)N(CCOCC)CCOCC)CCNC1. The molecule has 1 aliphatic heterocycles. The van der Waals surface area contributed by atoms with Gasteiger partial charge in [0.05, 0.1) is 18.6 Å². The lowest BCUT2D eigenvalue weighted by molar-refractivity contribution is -0.143. The maximum absolute atomic E-state index is 13.0. The Morgan fingerprint density at radius 2 is 1.76 bits per heavy atom. The van der Waals surface area contributed by atoms with Crippen LogP contribution in [0, 0.1) is 5.41 Å². The number of amides is 1. The van der Waals surface area contributed by atoms with Crippen molar-refractivity contribution in [1.82, 2.24) is 10.2 Å². The molecule has 1 heterocycles. The van der Waals surface area contributed by atoms with E-state index in [-0.39, 0.29) is 11.3 Å². The minimum absolute atomic E-state index is 0.215. The Morgan fingerprint density at radius 3 is 2.19 bits per heavy atom. The molecule has 0 saturated carbocycles. The first kappa shape index (κ1) is 18.4. The van der Waals surface area contributed by atoms with Gasteiger partial charge in [0.1, 0.15) is 0 Å². The number of ether oxygens (including phenoxy) is 2. The number of hydrogen-bond donors (Lipinski definition) is 1. The average Bonchev–Trinajstić information content (AvgIpc) is 2.95. The van der Waals surface area contributed by atoms with Crippen LogP contribution >= 0.6 is 0 Å². The van der Waals surface area contributed by atoms with Crippen LogP contribution in [0.4, 0.5) is 0 Å². The van der Waals surface area contributed by atoms with Crippen LogP contribution in [0.5, 0.6) is 0 Å².